The number of nitrogens with one attached hydrogen (secondary N) is 1. The molecule has 0 bridgehead atoms. The number of nitrogens with two attached hydrogens (primary N) is 1. The van der Waals surface area contributed by atoms with Crippen molar-refractivity contribution in [2.45, 2.75) is 13.0 Å². The highest BCUT2D eigenvalue weighted by Crippen LogP contribution is 2.23. The molecule has 1 heterocycles. The maximum atomic E-state index is 9.62. The lowest BCUT2D eigenvalue weighted by Gasteiger charge is -2.24. The van der Waals surface area contributed by atoms with Crippen molar-refractivity contribution in [2.24, 2.45) is 10.8 Å². The lowest BCUT2D eigenvalue weighted by molar-refractivity contribution is 0.285. The number of benzene rings is 2. The lowest BCUT2D eigenvalue weighted by atomic mass is 10.1. The second kappa shape index (κ2) is 9.83. The predicted molar refractivity (Wildman–Crippen MR) is 117 cm³/mol. The standard InChI is InChI=1S/C21H24N6S/c22-14-19-13-18(15-24-25-21(23)28)7-8-20(19)27-10-4-9-26(11-12-27)16-17-5-2-1-3-6-17/h1-3,5-8,13,15H,4,9-12,16H2,(H3,23,25,28)/b24-15+. The van der Waals surface area contributed by atoms with E-state index in [0.29, 0.717) is 5.56 Å². The first-order valence-corrected chi connectivity index (χ1v) is 9.70. The summed E-state index contributed by atoms with van der Waals surface area (Å²) >= 11 is 4.72. The molecule has 3 rings (SSSR count). The highest BCUT2D eigenvalue weighted by Gasteiger charge is 2.17. The maximum Gasteiger partial charge on any atom is 0.184 e. The van der Waals surface area contributed by atoms with Crippen molar-refractivity contribution in [1.82, 2.24) is 10.3 Å². The molecule has 0 aromatic heterocycles. The molecule has 0 saturated carbocycles. The molecule has 0 spiro atoms. The van der Waals surface area contributed by atoms with E-state index in [1.807, 2.05) is 24.3 Å². The van der Waals surface area contributed by atoms with Crippen LogP contribution in [0.3, 0.4) is 0 Å². The number of rotatable bonds is 5. The first kappa shape index (κ1) is 19.8. The molecule has 0 radical (unpaired) electrons. The van der Waals surface area contributed by atoms with E-state index in [1.54, 1.807) is 6.21 Å². The largest absolute Gasteiger partial charge is 0.375 e. The Labute approximate surface area is 171 Å². The fraction of sp³-hybridized carbons (Fsp3) is 0.286. The second-order valence-corrected chi connectivity index (χ2v) is 7.16. The van der Waals surface area contributed by atoms with Crippen LogP contribution < -0.4 is 16.1 Å². The van der Waals surface area contributed by atoms with Crippen LogP contribution in [0.2, 0.25) is 0 Å². The van der Waals surface area contributed by atoms with Crippen LogP contribution in [0, 0.1) is 11.3 Å². The summed E-state index contributed by atoms with van der Waals surface area (Å²) in [6.07, 6.45) is 2.67. The topological polar surface area (TPSA) is 80.7 Å². The number of hydrazone groups is 1. The molecule has 1 fully saturated rings. The molecule has 2 aromatic rings. The Hall–Kier alpha value is -2.95. The Bertz CT molecular complexity index is 874. The Kier molecular flexibility index (Phi) is 6.95. The average molecular weight is 393 g/mol. The van der Waals surface area contributed by atoms with Gasteiger partial charge in [-0.2, -0.15) is 10.4 Å². The van der Waals surface area contributed by atoms with E-state index in [-0.39, 0.29) is 5.11 Å². The highest BCUT2D eigenvalue weighted by molar-refractivity contribution is 7.80. The van der Waals surface area contributed by atoms with Crippen LogP contribution in [0.1, 0.15) is 23.1 Å². The molecular formula is C21H24N6S. The van der Waals surface area contributed by atoms with Gasteiger partial charge < -0.3 is 10.6 Å². The smallest absolute Gasteiger partial charge is 0.184 e. The van der Waals surface area contributed by atoms with E-state index in [9.17, 15) is 5.26 Å². The minimum Gasteiger partial charge on any atom is -0.375 e. The number of nitrogens with zero attached hydrogens (tertiary/aromatic N) is 4. The monoisotopic (exact) mass is 392 g/mol. The summed E-state index contributed by atoms with van der Waals surface area (Å²) in [6, 6.07) is 18.7. The molecule has 144 valence electrons. The number of hydrogen-bond acceptors (Lipinski definition) is 5. The normalized spacial score (nSPS) is 15.2. The molecule has 0 aliphatic carbocycles. The molecule has 3 N–H and O–H groups in total. The van der Waals surface area contributed by atoms with Crippen LogP contribution in [-0.2, 0) is 6.54 Å². The Balaban J connectivity index is 1.67. The number of thiocarbonyl (C=S) groups is 1. The van der Waals surface area contributed by atoms with Gasteiger partial charge in [0, 0.05) is 32.7 Å². The van der Waals surface area contributed by atoms with E-state index < -0.39 is 0 Å². The third-order valence-corrected chi connectivity index (χ3v) is 4.80. The molecule has 6 nitrogen and oxygen atoms in total. The van der Waals surface area contributed by atoms with E-state index >= 15 is 0 Å². The first-order valence-electron chi connectivity index (χ1n) is 9.29. The second-order valence-electron chi connectivity index (χ2n) is 6.72. The van der Waals surface area contributed by atoms with Gasteiger partial charge in [-0.05, 0) is 41.9 Å². The summed E-state index contributed by atoms with van der Waals surface area (Å²) < 4.78 is 0. The number of anilines is 1. The zero-order chi connectivity index (χ0) is 19.8. The van der Waals surface area contributed by atoms with Gasteiger partial charge in [0.15, 0.2) is 5.11 Å². The summed E-state index contributed by atoms with van der Waals surface area (Å²) in [5.41, 5.74) is 11.7. The van der Waals surface area contributed by atoms with Crippen molar-refractivity contribution in [3.63, 3.8) is 0 Å². The molecule has 0 atom stereocenters. The van der Waals surface area contributed by atoms with Crippen molar-refractivity contribution >= 4 is 29.2 Å². The van der Waals surface area contributed by atoms with E-state index in [2.05, 4.69) is 50.7 Å². The third kappa shape index (κ3) is 5.52. The minimum atomic E-state index is 0.109. The van der Waals surface area contributed by atoms with Gasteiger partial charge in [0.25, 0.3) is 0 Å². The summed E-state index contributed by atoms with van der Waals surface area (Å²) in [6.45, 7) is 4.84. The first-order chi connectivity index (χ1) is 13.7. The van der Waals surface area contributed by atoms with E-state index in [1.165, 1.54) is 5.56 Å². The van der Waals surface area contributed by atoms with Crippen molar-refractivity contribution in [3.8, 4) is 6.07 Å². The molecule has 1 aliphatic heterocycles. The van der Waals surface area contributed by atoms with Gasteiger partial charge in [-0.3, -0.25) is 10.3 Å². The summed E-state index contributed by atoms with van der Waals surface area (Å²) in [5, 5.41) is 13.7. The Morgan fingerprint density at radius 2 is 2.00 bits per heavy atom. The zero-order valence-corrected chi connectivity index (χ0v) is 16.5. The molecule has 2 aromatic carbocycles. The summed E-state index contributed by atoms with van der Waals surface area (Å²) in [5.74, 6) is 0. The van der Waals surface area contributed by atoms with E-state index in [0.717, 1.165) is 50.4 Å². The predicted octanol–water partition coefficient (Wildman–Crippen LogP) is 2.44. The SMILES string of the molecule is N#Cc1cc(/C=N/NC(N)=S)ccc1N1CCCN(Cc2ccccc2)CC1. The van der Waals surface area contributed by atoms with Crippen LogP contribution >= 0.6 is 12.2 Å². The highest BCUT2D eigenvalue weighted by atomic mass is 32.1. The van der Waals surface area contributed by atoms with Gasteiger partial charge in [-0.15, -0.1) is 0 Å². The Morgan fingerprint density at radius 3 is 2.75 bits per heavy atom. The minimum absolute atomic E-state index is 0.109. The van der Waals surface area contributed by atoms with Crippen LogP contribution in [-0.4, -0.2) is 42.4 Å². The van der Waals surface area contributed by atoms with Crippen LogP contribution in [0.5, 0.6) is 0 Å². The molecule has 28 heavy (non-hydrogen) atoms. The molecule has 1 aliphatic rings. The molecule has 0 amide bonds. The molecule has 7 heteroatoms. The van der Waals surface area contributed by atoms with Gasteiger partial charge in [0.1, 0.15) is 6.07 Å². The Morgan fingerprint density at radius 1 is 1.18 bits per heavy atom. The quantitative estimate of drug-likeness (QED) is 0.462. The fourth-order valence-corrected chi connectivity index (χ4v) is 3.43. The van der Waals surface area contributed by atoms with Gasteiger partial charge >= 0.3 is 0 Å². The van der Waals surface area contributed by atoms with Gasteiger partial charge in [-0.25, -0.2) is 0 Å². The third-order valence-electron chi connectivity index (χ3n) is 4.71. The number of hydrogen-bond donors (Lipinski definition) is 2. The van der Waals surface area contributed by atoms with Gasteiger partial charge in [0.05, 0.1) is 17.5 Å². The van der Waals surface area contributed by atoms with Gasteiger partial charge in [0.2, 0.25) is 0 Å². The van der Waals surface area contributed by atoms with Crippen LogP contribution in [0.25, 0.3) is 0 Å². The lowest BCUT2D eigenvalue weighted by Crippen LogP contribution is -2.30. The van der Waals surface area contributed by atoms with Crippen molar-refractivity contribution in [3.05, 3.63) is 65.2 Å². The number of nitriles is 1. The maximum absolute atomic E-state index is 9.62. The molecule has 1 saturated heterocycles. The van der Waals surface area contributed by atoms with Crippen molar-refractivity contribution < 1.29 is 0 Å². The molecule has 0 unspecified atom stereocenters. The summed E-state index contributed by atoms with van der Waals surface area (Å²) in [7, 11) is 0. The average Bonchev–Trinajstić information content (AvgIpc) is 2.94. The van der Waals surface area contributed by atoms with Crippen LogP contribution in [0.15, 0.2) is 53.6 Å². The van der Waals surface area contributed by atoms with Gasteiger partial charge in [-0.1, -0.05) is 36.4 Å². The van der Waals surface area contributed by atoms with Crippen LogP contribution in [0.4, 0.5) is 5.69 Å². The fourth-order valence-electron chi connectivity index (χ4n) is 3.38. The van der Waals surface area contributed by atoms with Crippen molar-refractivity contribution in [1.29, 1.82) is 5.26 Å². The summed E-state index contributed by atoms with van der Waals surface area (Å²) in [4.78, 5) is 4.78. The zero-order valence-electron chi connectivity index (χ0n) is 15.7. The molecular weight excluding hydrogens is 368 g/mol. The van der Waals surface area contributed by atoms with Crippen molar-refractivity contribution in [2.75, 3.05) is 31.1 Å². The van der Waals surface area contributed by atoms with E-state index in [4.69, 9.17) is 18.0 Å².